The number of thiocarbonyl (C=S) groups is 1. The molecule has 2 atom stereocenters. The quantitative estimate of drug-likeness (QED) is 0.269. The number of aryl methyl sites for hydroxylation is 1. The normalized spacial score (nSPS) is 17.3. The summed E-state index contributed by atoms with van der Waals surface area (Å²) in [5, 5.41) is 3.89. The Morgan fingerprint density at radius 2 is 1.74 bits per heavy atom. The van der Waals surface area contributed by atoms with E-state index < -0.39 is 11.7 Å². The van der Waals surface area contributed by atoms with Crippen molar-refractivity contribution >= 4 is 23.0 Å². The van der Waals surface area contributed by atoms with Crippen LogP contribution < -0.4 is 19.7 Å². The Balaban J connectivity index is 1.71. The lowest BCUT2D eigenvalue weighted by Gasteiger charge is -2.29. The van der Waals surface area contributed by atoms with Crippen molar-refractivity contribution in [2.24, 2.45) is 0 Å². The van der Waals surface area contributed by atoms with Gasteiger partial charge in [0.15, 0.2) is 5.11 Å². The number of ether oxygens (including phenoxy) is 2. The molecule has 5 rings (SSSR count). The third-order valence-electron chi connectivity index (χ3n) is 6.96. The van der Waals surface area contributed by atoms with E-state index in [1.807, 2.05) is 59.7 Å². The number of alkyl halides is 3. The van der Waals surface area contributed by atoms with Crippen LogP contribution in [0.1, 0.15) is 40.3 Å². The van der Waals surface area contributed by atoms with Crippen molar-refractivity contribution in [2.75, 3.05) is 19.1 Å². The monoisotopic (exact) mass is 552 g/mol. The molecule has 0 unspecified atom stereocenters. The molecule has 1 saturated heterocycles. The summed E-state index contributed by atoms with van der Waals surface area (Å²) in [5.41, 5.74) is 3.66. The summed E-state index contributed by atoms with van der Waals surface area (Å²) in [6, 6.07) is 17.7. The van der Waals surface area contributed by atoms with Crippen molar-refractivity contribution in [2.45, 2.75) is 32.1 Å². The van der Waals surface area contributed by atoms with E-state index in [-0.39, 0.29) is 12.1 Å². The van der Waals surface area contributed by atoms with E-state index in [1.54, 1.807) is 32.5 Å². The zero-order chi connectivity index (χ0) is 27.9. The summed E-state index contributed by atoms with van der Waals surface area (Å²) in [7, 11) is 3.17. The minimum Gasteiger partial charge on any atom is -0.497 e. The van der Waals surface area contributed by atoms with Gasteiger partial charge < -0.3 is 24.3 Å². The Hall–Kier alpha value is -4.05. The SMILES string of the molecule is COc1ccc(OC)c(N2C(=S)N[C@H](c3ccccn3)[C@@H]2c2cc(C)n(-c3cccc(C(F)(F)F)c3)c2C)c1. The molecule has 0 bridgehead atoms. The van der Waals surface area contributed by atoms with Gasteiger partial charge in [-0.1, -0.05) is 12.1 Å². The largest absolute Gasteiger partial charge is 0.497 e. The summed E-state index contributed by atoms with van der Waals surface area (Å²) < 4.78 is 53.6. The highest BCUT2D eigenvalue weighted by Gasteiger charge is 2.43. The molecule has 6 nitrogen and oxygen atoms in total. The molecule has 1 aliphatic rings. The van der Waals surface area contributed by atoms with E-state index in [0.29, 0.717) is 28.0 Å². The van der Waals surface area contributed by atoms with Gasteiger partial charge in [-0.3, -0.25) is 4.98 Å². The summed E-state index contributed by atoms with van der Waals surface area (Å²) in [6.07, 6.45) is -2.73. The van der Waals surface area contributed by atoms with Crippen LogP contribution in [0.3, 0.4) is 0 Å². The first-order valence-corrected chi connectivity index (χ1v) is 12.6. The minimum absolute atomic E-state index is 0.343. The number of hydrogen-bond acceptors (Lipinski definition) is 4. The van der Waals surface area contributed by atoms with Gasteiger partial charge in [-0.15, -0.1) is 0 Å². The second-order valence-corrected chi connectivity index (χ2v) is 9.63. The highest BCUT2D eigenvalue weighted by Crippen LogP contribution is 2.47. The molecule has 2 aromatic heterocycles. The topological polar surface area (TPSA) is 51.6 Å². The second-order valence-electron chi connectivity index (χ2n) is 9.24. The van der Waals surface area contributed by atoms with E-state index in [0.717, 1.165) is 28.7 Å². The van der Waals surface area contributed by atoms with Gasteiger partial charge in [0.1, 0.15) is 11.5 Å². The first-order valence-electron chi connectivity index (χ1n) is 12.2. The summed E-state index contributed by atoms with van der Waals surface area (Å²) in [5.74, 6) is 1.22. The molecule has 0 radical (unpaired) electrons. The number of pyridine rings is 1. The Bertz CT molecular complexity index is 1520. The van der Waals surface area contributed by atoms with Crippen LogP contribution in [0.4, 0.5) is 18.9 Å². The molecule has 0 saturated carbocycles. The van der Waals surface area contributed by atoms with E-state index in [1.165, 1.54) is 12.1 Å². The Labute approximate surface area is 230 Å². The zero-order valence-electron chi connectivity index (χ0n) is 21.8. The van der Waals surface area contributed by atoms with Crippen LogP contribution in [0.15, 0.2) is 72.9 Å². The molecule has 1 N–H and O–H groups in total. The smallest absolute Gasteiger partial charge is 0.416 e. The van der Waals surface area contributed by atoms with Gasteiger partial charge in [0.2, 0.25) is 0 Å². The summed E-state index contributed by atoms with van der Waals surface area (Å²) >= 11 is 5.86. The first kappa shape index (κ1) is 26.6. The van der Waals surface area contributed by atoms with Crippen LogP contribution in [0.25, 0.3) is 5.69 Å². The third-order valence-corrected chi connectivity index (χ3v) is 7.28. The molecular formula is C29H27F3N4O2S. The zero-order valence-corrected chi connectivity index (χ0v) is 22.6. The van der Waals surface area contributed by atoms with Crippen LogP contribution in [0.2, 0.25) is 0 Å². The average Bonchev–Trinajstić information content (AvgIpc) is 3.42. The molecule has 10 heteroatoms. The van der Waals surface area contributed by atoms with Crippen molar-refractivity contribution in [1.29, 1.82) is 0 Å². The maximum absolute atomic E-state index is 13.5. The fraction of sp³-hybridized carbons (Fsp3) is 0.241. The Kier molecular flexibility index (Phi) is 6.98. The average molecular weight is 553 g/mol. The lowest BCUT2D eigenvalue weighted by Crippen LogP contribution is -2.30. The first-order chi connectivity index (χ1) is 18.6. The number of methoxy groups -OCH3 is 2. The summed E-state index contributed by atoms with van der Waals surface area (Å²) in [6.45, 7) is 3.78. The molecule has 3 heterocycles. The van der Waals surface area contributed by atoms with Gasteiger partial charge in [0.05, 0.1) is 43.2 Å². The fourth-order valence-electron chi connectivity index (χ4n) is 5.22. The van der Waals surface area contributed by atoms with Crippen LogP contribution in [0, 0.1) is 13.8 Å². The second kappa shape index (κ2) is 10.3. The number of rotatable bonds is 6. The molecule has 0 aliphatic carbocycles. The van der Waals surface area contributed by atoms with Crippen LogP contribution >= 0.6 is 12.2 Å². The van der Waals surface area contributed by atoms with Gasteiger partial charge in [0.25, 0.3) is 0 Å². The third kappa shape index (κ3) is 4.80. The minimum atomic E-state index is -4.45. The van der Waals surface area contributed by atoms with Crippen molar-refractivity contribution < 1.29 is 22.6 Å². The highest BCUT2D eigenvalue weighted by atomic mass is 32.1. The standard InChI is InChI=1S/C29H27F3N4O2S/c1-17-14-22(18(2)35(17)20-9-7-8-19(15-20)29(30,31)32)27-26(23-10-5-6-13-33-23)34-28(39)36(27)24-16-21(37-3)11-12-25(24)38-4/h5-16,26-27H,1-4H3,(H,34,39)/t26-,27+/m1/s1. The molecule has 1 aliphatic heterocycles. The van der Waals surface area contributed by atoms with E-state index in [9.17, 15) is 13.2 Å². The van der Waals surface area contributed by atoms with E-state index in [4.69, 9.17) is 21.7 Å². The number of nitrogens with zero attached hydrogens (tertiary/aromatic N) is 3. The number of benzene rings is 2. The Morgan fingerprint density at radius 3 is 2.41 bits per heavy atom. The predicted molar refractivity (Wildman–Crippen MR) is 148 cm³/mol. The van der Waals surface area contributed by atoms with Crippen molar-refractivity contribution in [3.8, 4) is 17.2 Å². The number of hydrogen-bond donors (Lipinski definition) is 1. The number of halogens is 3. The maximum Gasteiger partial charge on any atom is 0.416 e. The highest BCUT2D eigenvalue weighted by molar-refractivity contribution is 7.80. The van der Waals surface area contributed by atoms with Crippen molar-refractivity contribution in [3.63, 3.8) is 0 Å². The van der Waals surface area contributed by atoms with Gasteiger partial charge in [-0.2, -0.15) is 13.2 Å². The number of nitrogens with one attached hydrogen (secondary N) is 1. The maximum atomic E-state index is 13.5. The molecule has 202 valence electrons. The Morgan fingerprint density at radius 1 is 0.949 bits per heavy atom. The predicted octanol–water partition coefficient (Wildman–Crippen LogP) is 6.70. The molecule has 0 amide bonds. The molecule has 4 aromatic rings. The van der Waals surface area contributed by atoms with E-state index in [2.05, 4.69) is 10.3 Å². The lowest BCUT2D eigenvalue weighted by molar-refractivity contribution is -0.137. The molecular weight excluding hydrogens is 525 g/mol. The molecule has 39 heavy (non-hydrogen) atoms. The van der Waals surface area contributed by atoms with Crippen LogP contribution in [-0.4, -0.2) is 28.9 Å². The van der Waals surface area contributed by atoms with Crippen LogP contribution in [-0.2, 0) is 6.18 Å². The van der Waals surface area contributed by atoms with Crippen LogP contribution in [0.5, 0.6) is 11.5 Å². The van der Waals surface area contributed by atoms with E-state index >= 15 is 0 Å². The number of anilines is 1. The van der Waals surface area contributed by atoms with Gasteiger partial charge in [-0.05, 0) is 80.2 Å². The lowest BCUT2D eigenvalue weighted by atomic mass is 9.96. The number of aromatic nitrogens is 2. The molecule has 2 aromatic carbocycles. The summed E-state index contributed by atoms with van der Waals surface area (Å²) in [4.78, 5) is 6.56. The van der Waals surface area contributed by atoms with Gasteiger partial charge >= 0.3 is 6.18 Å². The van der Waals surface area contributed by atoms with Crippen molar-refractivity contribution in [3.05, 3.63) is 101 Å². The van der Waals surface area contributed by atoms with Crippen molar-refractivity contribution in [1.82, 2.24) is 14.9 Å². The fourth-order valence-corrected chi connectivity index (χ4v) is 5.56. The van der Waals surface area contributed by atoms with Gasteiger partial charge in [0, 0.05) is 29.3 Å². The van der Waals surface area contributed by atoms with Gasteiger partial charge in [-0.25, -0.2) is 0 Å². The molecule has 0 spiro atoms. The molecule has 1 fully saturated rings.